The smallest absolute Gasteiger partial charge is 0.263 e. The number of nitrogen functional groups attached to an aromatic ring is 1. The summed E-state index contributed by atoms with van der Waals surface area (Å²) >= 11 is 0. The molecule has 0 radical (unpaired) electrons. The summed E-state index contributed by atoms with van der Waals surface area (Å²) in [5, 5.41) is 0. The number of nitrogens with zero attached hydrogens (tertiary/aromatic N) is 3. The molecular weight excluding hydrogens is 498 g/mol. The average Bonchev–Trinajstić information content (AvgIpc) is 3.60. The summed E-state index contributed by atoms with van der Waals surface area (Å²) in [5.74, 6) is 0.754. The van der Waals surface area contributed by atoms with Crippen LogP contribution in [0, 0.1) is 13.8 Å². The predicted octanol–water partition coefficient (Wildman–Crippen LogP) is 5.57. The lowest BCUT2D eigenvalue weighted by Gasteiger charge is -2.12. The molecule has 0 bridgehead atoms. The first-order chi connectivity index (χ1) is 18.2. The molecule has 5 rings (SSSR count). The highest BCUT2D eigenvalue weighted by atomic mass is 32.2. The van der Waals surface area contributed by atoms with E-state index in [0.29, 0.717) is 5.69 Å². The van der Waals surface area contributed by atoms with Crippen LogP contribution in [0.25, 0.3) is 16.9 Å². The molecule has 3 N–H and O–H groups in total. The van der Waals surface area contributed by atoms with Gasteiger partial charge in [-0.15, -0.1) is 0 Å². The van der Waals surface area contributed by atoms with Gasteiger partial charge < -0.3 is 19.6 Å². The zero-order valence-electron chi connectivity index (χ0n) is 21.8. The summed E-state index contributed by atoms with van der Waals surface area (Å²) in [6, 6.07) is 20.9. The van der Waals surface area contributed by atoms with E-state index < -0.39 is 10.0 Å². The van der Waals surface area contributed by atoms with Gasteiger partial charge in [0.2, 0.25) is 0 Å². The van der Waals surface area contributed by atoms with Gasteiger partial charge in [0.1, 0.15) is 10.6 Å². The van der Waals surface area contributed by atoms with Crippen LogP contribution in [0.15, 0.2) is 103 Å². The molecule has 3 heterocycles. The lowest BCUT2D eigenvalue weighted by atomic mass is 10.1. The Morgan fingerprint density at radius 2 is 1.66 bits per heavy atom. The molecular formula is C29H31N5O3S. The predicted molar refractivity (Wildman–Crippen MR) is 152 cm³/mol. The fraction of sp³-hybridized carbons (Fsp3) is 0.138. The number of rotatable bonds is 6. The SMILES string of the molecule is COc1ccc(-c2ccc(C)c(N)c2)nc1.Cc1ccc(-n2cccc2)cc1NS(=O)(=O)c1ccn(C)c1. The molecule has 0 amide bonds. The number of methoxy groups -OCH3 is 1. The number of nitrogens with one attached hydrogen (secondary N) is 1. The van der Waals surface area contributed by atoms with Gasteiger partial charge in [0.25, 0.3) is 10.0 Å². The van der Waals surface area contributed by atoms with E-state index in [0.717, 1.165) is 39.5 Å². The quantitative estimate of drug-likeness (QED) is 0.280. The number of sulfonamides is 1. The molecule has 0 unspecified atom stereocenters. The third kappa shape index (κ3) is 6.24. The van der Waals surface area contributed by atoms with Crippen LogP contribution < -0.4 is 15.2 Å². The van der Waals surface area contributed by atoms with Gasteiger partial charge in [-0.2, -0.15) is 0 Å². The van der Waals surface area contributed by atoms with Crippen LogP contribution in [0.5, 0.6) is 5.75 Å². The Balaban J connectivity index is 0.000000186. The zero-order valence-corrected chi connectivity index (χ0v) is 22.6. The van der Waals surface area contributed by atoms with Gasteiger partial charge in [-0.25, -0.2) is 8.42 Å². The maximum absolute atomic E-state index is 12.4. The highest BCUT2D eigenvalue weighted by molar-refractivity contribution is 7.92. The van der Waals surface area contributed by atoms with Crippen molar-refractivity contribution in [2.75, 3.05) is 17.6 Å². The van der Waals surface area contributed by atoms with E-state index in [2.05, 4.69) is 9.71 Å². The van der Waals surface area contributed by atoms with Crippen molar-refractivity contribution in [3.05, 3.63) is 109 Å². The number of hydrogen-bond acceptors (Lipinski definition) is 5. The Bertz CT molecular complexity index is 1620. The average molecular weight is 530 g/mol. The molecule has 2 aromatic carbocycles. The van der Waals surface area contributed by atoms with Crippen LogP contribution >= 0.6 is 0 Å². The Kier molecular flexibility index (Phi) is 7.87. The lowest BCUT2D eigenvalue weighted by Crippen LogP contribution is -2.13. The fourth-order valence-corrected chi connectivity index (χ4v) is 4.87. The minimum Gasteiger partial charge on any atom is -0.495 e. The highest BCUT2D eigenvalue weighted by Gasteiger charge is 2.16. The van der Waals surface area contributed by atoms with Crippen molar-refractivity contribution in [1.82, 2.24) is 14.1 Å². The third-order valence-corrected chi connectivity index (χ3v) is 7.38. The van der Waals surface area contributed by atoms with Gasteiger partial charge >= 0.3 is 0 Å². The van der Waals surface area contributed by atoms with Crippen LogP contribution in [0.3, 0.4) is 0 Å². The van der Waals surface area contributed by atoms with E-state index in [1.807, 2.05) is 91.5 Å². The van der Waals surface area contributed by atoms with Gasteiger partial charge in [0, 0.05) is 48.8 Å². The first-order valence-electron chi connectivity index (χ1n) is 11.9. The number of nitrogens with two attached hydrogens (primary N) is 1. The van der Waals surface area contributed by atoms with Crippen LogP contribution in [-0.2, 0) is 17.1 Å². The van der Waals surface area contributed by atoms with E-state index in [1.165, 1.54) is 0 Å². The minimum absolute atomic E-state index is 0.251. The molecule has 0 saturated heterocycles. The largest absolute Gasteiger partial charge is 0.495 e. The molecule has 9 heteroatoms. The van der Waals surface area contributed by atoms with Crippen molar-refractivity contribution in [2.45, 2.75) is 18.7 Å². The number of aromatic nitrogens is 3. The number of pyridine rings is 1. The summed E-state index contributed by atoms with van der Waals surface area (Å²) in [7, 11) is -0.166. The summed E-state index contributed by atoms with van der Waals surface area (Å²) in [6.07, 6.45) is 8.82. The molecule has 3 aromatic heterocycles. The van der Waals surface area contributed by atoms with Gasteiger partial charge in [-0.05, 0) is 73.5 Å². The van der Waals surface area contributed by atoms with E-state index in [9.17, 15) is 8.42 Å². The first-order valence-corrected chi connectivity index (χ1v) is 13.4. The third-order valence-electron chi connectivity index (χ3n) is 6.03. The molecule has 5 aromatic rings. The molecule has 0 aliphatic heterocycles. The van der Waals surface area contributed by atoms with Crippen molar-refractivity contribution in [1.29, 1.82) is 0 Å². The second-order valence-electron chi connectivity index (χ2n) is 8.86. The molecule has 196 valence electrons. The standard InChI is InChI=1S/C16H17N3O2S.C13H14N2O/c1-13-5-6-14(19-8-3-4-9-19)11-16(13)17-22(20,21)15-7-10-18(2)12-15;1-9-3-4-10(7-12(9)14)13-6-5-11(16-2)8-15-13/h3-12,17H,1-2H3;3-8H,14H2,1-2H3. The summed E-state index contributed by atoms with van der Waals surface area (Å²) in [6.45, 7) is 3.86. The van der Waals surface area contributed by atoms with Crippen molar-refractivity contribution in [3.8, 4) is 22.7 Å². The molecule has 38 heavy (non-hydrogen) atoms. The van der Waals surface area contributed by atoms with Crippen LogP contribution in [0.4, 0.5) is 11.4 Å². The molecule has 0 fully saturated rings. The van der Waals surface area contributed by atoms with Crippen molar-refractivity contribution in [2.24, 2.45) is 7.05 Å². The summed E-state index contributed by atoms with van der Waals surface area (Å²) in [5.41, 5.74) is 12.0. The Morgan fingerprint density at radius 1 is 0.921 bits per heavy atom. The number of benzene rings is 2. The number of ether oxygens (including phenoxy) is 1. The van der Waals surface area contributed by atoms with Crippen LogP contribution in [0.1, 0.15) is 11.1 Å². The summed E-state index contributed by atoms with van der Waals surface area (Å²) < 4.78 is 36.2. The maximum Gasteiger partial charge on any atom is 0.263 e. The van der Waals surface area contributed by atoms with E-state index in [1.54, 1.807) is 43.4 Å². The van der Waals surface area contributed by atoms with Crippen molar-refractivity contribution >= 4 is 21.4 Å². The second-order valence-corrected chi connectivity index (χ2v) is 10.5. The van der Waals surface area contributed by atoms with Gasteiger partial charge in [0.15, 0.2) is 0 Å². The normalized spacial score (nSPS) is 10.9. The first kappa shape index (κ1) is 26.6. The molecule has 0 spiro atoms. The van der Waals surface area contributed by atoms with E-state index in [4.69, 9.17) is 10.5 Å². The zero-order chi connectivity index (χ0) is 27.3. The number of anilines is 2. The Hall–Kier alpha value is -4.50. The summed E-state index contributed by atoms with van der Waals surface area (Å²) in [4.78, 5) is 4.56. The van der Waals surface area contributed by atoms with Gasteiger partial charge in [-0.3, -0.25) is 9.71 Å². The van der Waals surface area contributed by atoms with Crippen molar-refractivity contribution in [3.63, 3.8) is 0 Å². The van der Waals surface area contributed by atoms with Crippen LogP contribution in [0.2, 0.25) is 0 Å². The maximum atomic E-state index is 12.4. The Morgan fingerprint density at radius 3 is 2.26 bits per heavy atom. The molecule has 0 aliphatic rings. The second kappa shape index (κ2) is 11.3. The van der Waals surface area contributed by atoms with Gasteiger partial charge in [0.05, 0.1) is 24.7 Å². The van der Waals surface area contributed by atoms with E-state index in [-0.39, 0.29) is 4.90 Å². The fourth-order valence-electron chi connectivity index (χ4n) is 3.70. The molecule has 0 atom stereocenters. The van der Waals surface area contributed by atoms with Crippen molar-refractivity contribution < 1.29 is 13.2 Å². The number of hydrogen-bond donors (Lipinski definition) is 2. The topological polar surface area (TPSA) is 104 Å². The van der Waals surface area contributed by atoms with E-state index >= 15 is 0 Å². The number of aryl methyl sites for hydroxylation is 3. The molecule has 0 aliphatic carbocycles. The lowest BCUT2D eigenvalue weighted by molar-refractivity contribution is 0.413. The van der Waals surface area contributed by atoms with Crippen LogP contribution in [-0.4, -0.2) is 29.6 Å². The van der Waals surface area contributed by atoms with Gasteiger partial charge in [-0.1, -0.05) is 18.2 Å². The monoisotopic (exact) mass is 529 g/mol. The minimum atomic E-state index is -3.58. The molecule has 0 saturated carbocycles. The Labute approximate surface area is 223 Å². The highest BCUT2D eigenvalue weighted by Crippen LogP contribution is 2.24. The molecule has 8 nitrogen and oxygen atoms in total.